The van der Waals surface area contributed by atoms with Crippen molar-refractivity contribution in [3.05, 3.63) is 107 Å². The van der Waals surface area contributed by atoms with E-state index in [1.807, 2.05) is 60.7 Å². The number of aromatic nitrogens is 3. The summed E-state index contributed by atoms with van der Waals surface area (Å²) >= 11 is 0. The highest BCUT2D eigenvalue weighted by molar-refractivity contribution is 6.02. The number of nitro groups is 1. The minimum atomic E-state index is -0.470. The first-order valence-electron chi connectivity index (χ1n) is 11.1. The number of nitro benzene ring substituents is 1. The molecule has 5 rings (SSSR count). The molecular weight excluding hydrogens is 472 g/mol. The second-order valence-corrected chi connectivity index (χ2v) is 7.82. The van der Waals surface area contributed by atoms with E-state index in [0.29, 0.717) is 11.3 Å². The van der Waals surface area contributed by atoms with E-state index in [4.69, 9.17) is 0 Å². The summed E-state index contributed by atoms with van der Waals surface area (Å²) in [4.78, 5) is 23.6. The van der Waals surface area contributed by atoms with Crippen LogP contribution in [0.15, 0.2) is 96.1 Å². The number of hydrogen-bond donors (Lipinski definition) is 4. The van der Waals surface area contributed by atoms with Crippen LogP contribution in [-0.2, 0) is 0 Å². The van der Waals surface area contributed by atoms with Gasteiger partial charge in [-0.25, -0.2) is 5.43 Å². The minimum Gasteiger partial charge on any atom is -0.507 e. The van der Waals surface area contributed by atoms with Gasteiger partial charge < -0.3 is 15.7 Å². The van der Waals surface area contributed by atoms with E-state index >= 15 is 0 Å². The Morgan fingerprint density at radius 3 is 2.08 bits per heavy atom. The zero-order valence-corrected chi connectivity index (χ0v) is 19.2. The molecular formula is C26H20N8O3. The predicted molar refractivity (Wildman–Crippen MR) is 143 cm³/mol. The highest BCUT2D eigenvalue weighted by Crippen LogP contribution is 2.26. The second kappa shape index (κ2) is 10.4. The Morgan fingerprint density at radius 1 is 0.757 bits per heavy atom. The van der Waals surface area contributed by atoms with E-state index in [1.54, 1.807) is 18.2 Å². The third-order valence-electron chi connectivity index (χ3n) is 5.31. The molecule has 0 aliphatic carbocycles. The molecule has 4 N–H and O–H groups in total. The number of phenolic OH excluding ortho intramolecular Hbond substituents is 1. The number of hydrogen-bond acceptors (Lipinski definition) is 10. The Kier molecular flexibility index (Phi) is 6.49. The molecule has 182 valence electrons. The quantitative estimate of drug-likeness (QED) is 0.124. The summed E-state index contributed by atoms with van der Waals surface area (Å²) in [5.74, 6) is 0.657. The summed E-state index contributed by atoms with van der Waals surface area (Å²) in [7, 11) is 0. The van der Waals surface area contributed by atoms with Crippen molar-refractivity contribution in [2.45, 2.75) is 0 Å². The number of rotatable bonds is 8. The van der Waals surface area contributed by atoms with Crippen LogP contribution < -0.4 is 16.1 Å². The summed E-state index contributed by atoms with van der Waals surface area (Å²) in [6.45, 7) is 0. The van der Waals surface area contributed by atoms with Gasteiger partial charge in [-0.15, -0.1) is 0 Å². The van der Waals surface area contributed by atoms with Crippen LogP contribution in [0.2, 0.25) is 0 Å². The summed E-state index contributed by atoms with van der Waals surface area (Å²) in [5.41, 5.74) is 4.63. The highest BCUT2D eigenvalue weighted by atomic mass is 16.6. The lowest BCUT2D eigenvalue weighted by molar-refractivity contribution is -0.384. The summed E-state index contributed by atoms with van der Waals surface area (Å²) in [6, 6.07) is 26.3. The van der Waals surface area contributed by atoms with Gasteiger partial charge in [-0.05, 0) is 41.1 Å². The van der Waals surface area contributed by atoms with Crippen LogP contribution in [0.4, 0.5) is 34.9 Å². The van der Waals surface area contributed by atoms with Crippen molar-refractivity contribution in [1.82, 2.24) is 15.0 Å². The minimum absolute atomic E-state index is 0.0268. The molecule has 0 saturated heterocycles. The van der Waals surface area contributed by atoms with Gasteiger partial charge in [-0.1, -0.05) is 48.5 Å². The summed E-state index contributed by atoms with van der Waals surface area (Å²) in [5, 5.41) is 33.5. The lowest BCUT2D eigenvalue weighted by atomic mass is 10.0. The molecule has 0 aliphatic heterocycles. The van der Waals surface area contributed by atoms with E-state index in [0.717, 1.165) is 16.5 Å². The normalized spacial score (nSPS) is 10.9. The van der Waals surface area contributed by atoms with Gasteiger partial charge in [0.2, 0.25) is 17.8 Å². The van der Waals surface area contributed by atoms with Crippen molar-refractivity contribution in [3.63, 3.8) is 0 Å². The Balaban J connectivity index is 1.43. The van der Waals surface area contributed by atoms with Crippen LogP contribution >= 0.6 is 0 Å². The number of benzene rings is 4. The monoisotopic (exact) mass is 492 g/mol. The molecule has 0 atom stereocenters. The maximum absolute atomic E-state index is 10.9. The number of nitrogens with one attached hydrogen (secondary N) is 3. The lowest BCUT2D eigenvalue weighted by Crippen LogP contribution is -2.07. The Labute approximate surface area is 210 Å². The standard InChI is InChI=1S/C26H20N8O3/c35-23-15-10-17-6-4-5-9-21(17)22(23)16-27-33-26-31-24(28-18-7-2-1-3-8-18)30-25(32-26)29-19-11-13-20(14-12-19)34(36)37/h1-16,35H,(H3,28,29,30,31,32,33). The number of phenols is 1. The Hall–Kier alpha value is -5.58. The molecule has 37 heavy (non-hydrogen) atoms. The van der Waals surface area contributed by atoms with E-state index in [-0.39, 0.29) is 29.3 Å². The zero-order chi connectivity index (χ0) is 25.6. The van der Waals surface area contributed by atoms with Gasteiger partial charge in [-0.2, -0.15) is 20.1 Å². The van der Waals surface area contributed by atoms with Crippen LogP contribution in [0.1, 0.15) is 5.56 Å². The van der Waals surface area contributed by atoms with Crippen molar-refractivity contribution >= 4 is 51.9 Å². The maximum Gasteiger partial charge on any atom is 0.269 e. The van der Waals surface area contributed by atoms with Crippen LogP contribution in [-0.4, -0.2) is 31.2 Å². The summed E-state index contributed by atoms with van der Waals surface area (Å²) < 4.78 is 0. The molecule has 5 aromatic rings. The number of nitrogens with zero attached hydrogens (tertiary/aromatic N) is 5. The van der Waals surface area contributed by atoms with Crippen LogP contribution in [0.5, 0.6) is 5.75 Å². The van der Waals surface area contributed by atoms with E-state index < -0.39 is 4.92 Å². The maximum atomic E-state index is 10.9. The molecule has 11 nitrogen and oxygen atoms in total. The third kappa shape index (κ3) is 5.57. The number of para-hydroxylation sites is 1. The largest absolute Gasteiger partial charge is 0.507 e. The van der Waals surface area contributed by atoms with Crippen molar-refractivity contribution in [2.75, 3.05) is 16.1 Å². The number of aromatic hydroxyl groups is 1. The number of fused-ring (bicyclic) bond motifs is 1. The zero-order valence-electron chi connectivity index (χ0n) is 19.2. The predicted octanol–water partition coefficient (Wildman–Crippen LogP) is 5.57. The fraction of sp³-hybridized carbons (Fsp3) is 0. The Morgan fingerprint density at radius 2 is 1.38 bits per heavy atom. The molecule has 0 spiro atoms. The molecule has 0 fully saturated rings. The average Bonchev–Trinajstić information content (AvgIpc) is 2.91. The van der Waals surface area contributed by atoms with E-state index in [2.05, 4.69) is 36.1 Å². The van der Waals surface area contributed by atoms with Crippen molar-refractivity contribution in [2.24, 2.45) is 5.10 Å². The first kappa shape index (κ1) is 23.2. The molecule has 4 aromatic carbocycles. The second-order valence-electron chi connectivity index (χ2n) is 7.82. The van der Waals surface area contributed by atoms with Crippen LogP contribution in [0, 0.1) is 10.1 Å². The van der Waals surface area contributed by atoms with Gasteiger partial charge in [0.1, 0.15) is 5.75 Å². The molecule has 11 heteroatoms. The van der Waals surface area contributed by atoms with Crippen LogP contribution in [0.25, 0.3) is 10.8 Å². The SMILES string of the molecule is O=[N+]([O-])c1ccc(Nc2nc(NN=Cc3c(O)ccc4ccccc34)nc(Nc3ccccc3)n2)cc1. The van der Waals surface area contributed by atoms with Gasteiger partial charge in [0.05, 0.1) is 11.1 Å². The fourth-order valence-corrected chi connectivity index (χ4v) is 3.56. The highest BCUT2D eigenvalue weighted by Gasteiger charge is 2.10. The van der Waals surface area contributed by atoms with E-state index in [1.165, 1.54) is 18.3 Å². The number of hydrazone groups is 1. The molecule has 0 aliphatic rings. The van der Waals surface area contributed by atoms with Crippen LogP contribution in [0.3, 0.4) is 0 Å². The molecule has 0 radical (unpaired) electrons. The van der Waals surface area contributed by atoms with E-state index in [9.17, 15) is 15.2 Å². The van der Waals surface area contributed by atoms with Crippen molar-refractivity contribution in [1.29, 1.82) is 0 Å². The van der Waals surface area contributed by atoms with Gasteiger partial charge >= 0.3 is 0 Å². The average molecular weight is 492 g/mol. The first-order chi connectivity index (χ1) is 18.0. The summed E-state index contributed by atoms with van der Waals surface area (Å²) in [6.07, 6.45) is 1.50. The lowest BCUT2D eigenvalue weighted by Gasteiger charge is -2.10. The first-order valence-corrected chi connectivity index (χ1v) is 11.1. The van der Waals surface area contributed by atoms with Crippen molar-refractivity contribution in [3.8, 4) is 5.75 Å². The van der Waals surface area contributed by atoms with Gasteiger partial charge in [-0.3, -0.25) is 10.1 Å². The smallest absolute Gasteiger partial charge is 0.269 e. The fourth-order valence-electron chi connectivity index (χ4n) is 3.56. The van der Waals surface area contributed by atoms with Gasteiger partial charge in [0.15, 0.2) is 0 Å². The number of non-ortho nitro benzene ring substituents is 1. The molecule has 0 unspecified atom stereocenters. The van der Waals surface area contributed by atoms with Gasteiger partial charge in [0.25, 0.3) is 5.69 Å². The molecule has 1 aromatic heterocycles. The molecule has 0 bridgehead atoms. The molecule has 0 amide bonds. The van der Waals surface area contributed by atoms with Gasteiger partial charge in [0, 0.05) is 29.1 Å². The Bertz CT molecular complexity index is 1590. The third-order valence-corrected chi connectivity index (χ3v) is 5.31. The molecule has 0 saturated carbocycles. The molecule has 1 heterocycles. The van der Waals surface area contributed by atoms with Crippen molar-refractivity contribution < 1.29 is 10.0 Å². The topological polar surface area (TPSA) is 150 Å². The number of anilines is 5.